The Hall–Kier alpha value is -3.54. The van der Waals surface area contributed by atoms with Crippen LogP contribution in [0.4, 0.5) is 20.6 Å². The maximum absolute atomic E-state index is 14.4. The number of carbonyl (C=O) groups excluding carboxylic acids is 2. The van der Waals surface area contributed by atoms with Crippen molar-refractivity contribution in [1.82, 2.24) is 4.90 Å². The van der Waals surface area contributed by atoms with E-state index in [0.29, 0.717) is 39.8 Å². The fourth-order valence-corrected chi connectivity index (χ4v) is 5.97. The van der Waals surface area contributed by atoms with Gasteiger partial charge in [-0.3, -0.25) is 9.69 Å². The number of fused-ring (bicyclic) bond motifs is 2. The van der Waals surface area contributed by atoms with Gasteiger partial charge in [-0.2, -0.15) is 5.26 Å². The van der Waals surface area contributed by atoms with E-state index in [1.165, 1.54) is 28.8 Å². The number of benzene rings is 3. The highest BCUT2D eigenvalue weighted by Crippen LogP contribution is 2.54. The van der Waals surface area contributed by atoms with Crippen LogP contribution in [0.25, 0.3) is 0 Å². The maximum atomic E-state index is 14.4. The van der Waals surface area contributed by atoms with Crippen molar-refractivity contribution >= 4 is 46.7 Å². The summed E-state index contributed by atoms with van der Waals surface area (Å²) in [4.78, 5) is 28.9. The van der Waals surface area contributed by atoms with Gasteiger partial charge in [0.05, 0.1) is 23.9 Å². The minimum atomic E-state index is -1.37. The molecule has 6 nitrogen and oxygen atoms in total. The topological polar surface area (TPSA) is 76.4 Å². The number of halogens is 2. The van der Waals surface area contributed by atoms with Gasteiger partial charge in [-0.1, -0.05) is 23.7 Å². The molecular weight excluding hydrogens is 475 g/mol. The quantitative estimate of drug-likeness (QED) is 0.536. The molecule has 9 heteroatoms. The van der Waals surface area contributed by atoms with E-state index in [-0.39, 0.29) is 12.5 Å². The van der Waals surface area contributed by atoms with Crippen LogP contribution in [0.5, 0.6) is 0 Å². The van der Waals surface area contributed by atoms with Crippen molar-refractivity contribution in [3.63, 3.8) is 0 Å². The number of rotatable bonds is 3. The second-order valence-corrected chi connectivity index (χ2v) is 9.67. The summed E-state index contributed by atoms with van der Waals surface area (Å²) in [5.41, 5.74) is 2.78. The fraction of sp³-hybridized carbons (Fsp3) is 0.160. The number of nitrogens with one attached hydrogen (secondary N) is 1. The summed E-state index contributed by atoms with van der Waals surface area (Å²) in [6, 6.07) is 19.5. The predicted octanol–water partition coefficient (Wildman–Crippen LogP) is 5.33. The van der Waals surface area contributed by atoms with Crippen LogP contribution in [0.15, 0.2) is 66.7 Å². The summed E-state index contributed by atoms with van der Waals surface area (Å²) in [6.45, 7) is 0.519. The van der Waals surface area contributed by atoms with Crippen LogP contribution in [0.3, 0.4) is 0 Å². The number of anilines is 2. The highest BCUT2D eigenvalue weighted by atomic mass is 35.5. The molecule has 3 aromatic carbocycles. The van der Waals surface area contributed by atoms with Crippen LogP contribution in [0.1, 0.15) is 16.7 Å². The maximum Gasteiger partial charge on any atom is 0.323 e. The second kappa shape index (κ2) is 8.67. The van der Waals surface area contributed by atoms with Gasteiger partial charge in [-0.15, -0.1) is 11.8 Å². The Morgan fingerprint density at radius 2 is 1.97 bits per heavy atom. The normalized spacial score (nSPS) is 18.8. The Bertz CT molecular complexity index is 1340. The number of hydrogen-bond acceptors (Lipinski definition) is 4. The standard InChI is InChI=1S/C25H18ClFN4O2S/c26-18-4-7-20(8-5-18)29-24(33)31-10-11-34-25(31)21-13-19(27)6-9-22(21)30(23(25)32)15-17-3-1-2-16(12-17)14-28/h1-9,12-13H,10-11,15H2,(H,29,33). The van der Waals surface area contributed by atoms with E-state index < -0.39 is 16.7 Å². The molecule has 1 saturated heterocycles. The summed E-state index contributed by atoms with van der Waals surface area (Å²) < 4.78 is 14.4. The molecule has 2 aliphatic rings. The molecule has 1 unspecified atom stereocenters. The number of nitriles is 1. The number of amides is 3. The molecule has 2 heterocycles. The van der Waals surface area contributed by atoms with Crippen molar-refractivity contribution in [1.29, 1.82) is 5.26 Å². The van der Waals surface area contributed by atoms with Crippen LogP contribution in [0.2, 0.25) is 5.02 Å². The zero-order chi connectivity index (χ0) is 23.9. The Morgan fingerprint density at radius 1 is 1.18 bits per heavy atom. The first-order valence-electron chi connectivity index (χ1n) is 10.5. The van der Waals surface area contributed by atoms with Gasteiger partial charge < -0.3 is 10.2 Å². The molecule has 3 amide bonds. The van der Waals surface area contributed by atoms with E-state index in [4.69, 9.17) is 11.6 Å². The Labute approximate surface area is 204 Å². The van der Waals surface area contributed by atoms with Crippen LogP contribution in [-0.4, -0.2) is 29.1 Å². The van der Waals surface area contributed by atoms with Crippen molar-refractivity contribution in [2.24, 2.45) is 0 Å². The van der Waals surface area contributed by atoms with Gasteiger partial charge in [0.15, 0.2) is 4.87 Å². The van der Waals surface area contributed by atoms with Crippen LogP contribution in [0, 0.1) is 17.1 Å². The molecule has 1 spiro atoms. The molecule has 0 aromatic heterocycles. The number of nitrogens with zero attached hydrogens (tertiary/aromatic N) is 3. The van der Waals surface area contributed by atoms with Crippen molar-refractivity contribution < 1.29 is 14.0 Å². The van der Waals surface area contributed by atoms with Crippen molar-refractivity contribution in [2.45, 2.75) is 11.4 Å². The summed E-state index contributed by atoms with van der Waals surface area (Å²) in [7, 11) is 0. The highest BCUT2D eigenvalue weighted by Gasteiger charge is 2.59. The van der Waals surface area contributed by atoms with Crippen molar-refractivity contribution in [3.8, 4) is 6.07 Å². The summed E-state index contributed by atoms with van der Waals surface area (Å²) in [5, 5.41) is 12.6. The average Bonchev–Trinajstić information content (AvgIpc) is 3.38. The molecule has 0 radical (unpaired) electrons. The fourth-order valence-electron chi connectivity index (χ4n) is 4.39. The third kappa shape index (κ3) is 3.67. The molecule has 1 atom stereocenters. The minimum absolute atomic E-state index is 0.196. The van der Waals surface area contributed by atoms with E-state index in [1.54, 1.807) is 53.4 Å². The number of hydrogen-bond donors (Lipinski definition) is 1. The third-order valence-electron chi connectivity index (χ3n) is 5.89. The first-order valence-corrected chi connectivity index (χ1v) is 11.9. The smallest absolute Gasteiger partial charge is 0.308 e. The SMILES string of the molecule is N#Cc1cccc(CN2C(=O)C3(SCCN3C(=O)Nc3ccc(Cl)cc3)c3cc(F)ccc32)c1. The third-order valence-corrected chi connectivity index (χ3v) is 7.56. The van der Waals surface area contributed by atoms with Crippen molar-refractivity contribution in [2.75, 3.05) is 22.5 Å². The molecule has 0 saturated carbocycles. The van der Waals surface area contributed by atoms with Gasteiger partial charge in [0, 0.05) is 28.6 Å². The Balaban J connectivity index is 1.53. The van der Waals surface area contributed by atoms with E-state index in [0.717, 1.165) is 5.56 Å². The lowest BCUT2D eigenvalue weighted by molar-refractivity contribution is -0.123. The average molecular weight is 493 g/mol. The Kier molecular flexibility index (Phi) is 5.68. The van der Waals surface area contributed by atoms with Gasteiger partial charge in [0.25, 0.3) is 5.91 Å². The first-order chi connectivity index (χ1) is 16.4. The predicted molar refractivity (Wildman–Crippen MR) is 130 cm³/mol. The van der Waals surface area contributed by atoms with Crippen LogP contribution < -0.4 is 10.2 Å². The van der Waals surface area contributed by atoms with Crippen molar-refractivity contribution in [3.05, 3.63) is 94.3 Å². The summed E-state index contributed by atoms with van der Waals surface area (Å²) in [5.74, 6) is -0.276. The molecule has 1 N–H and O–H groups in total. The second-order valence-electron chi connectivity index (χ2n) is 7.95. The summed E-state index contributed by atoms with van der Waals surface area (Å²) in [6.07, 6.45) is 0. The first kappa shape index (κ1) is 22.3. The molecule has 2 aliphatic heterocycles. The van der Waals surface area contributed by atoms with Gasteiger partial charge in [-0.25, -0.2) is 9.18 Å². The van der Waals surface area contributed by atoms with Gasteiger partial charge in [0.2, 0.25) is 0 Å². The largest absolute Gasteiger partial charge is 0.323 e. The van der Waals surface area contributed by atoms with Gasteiger partial charge in [-0.05, 0) is 60.2 Å². The molecule has 5 rings (SSSR count). The zero-order valence-corrected chi connectivity index (χ0v) is 19.4. The lowest BCUT2D eigenvalue weighted by Gasteiger charge is -2.33. The van der Waals surface area contributed by atoms with E-state index in [9.17, 15) is 19.2 Å². The number of urea groups is 1. The monoisotopic (exact) mass is 492 g/mol. The molecule has 0 aliphatic carbocycles. The van der Waals surface area contributed by atoms with E-state index in [2.05, 4.69) is 11.4 Å². The summed E-state index contributed by atoms with van der Waals surface area (Å²) >= 11 is 7.25. The van der Waals surface area contributed by atoms with Crippen LogP contribution >= 0.6 is 23.4 Å². The lowest BCUT2D eigenvalue weighted by atomic mass is 10.1. The molecular formula is C25H18ClFN4O2S. The van der Waals surface area contributed by atoms with Crippen LogP contribution in [-0.2, 0) is 16.2 Å². The highest BCUT2D eigenvalue weighted by molar-refractivity contribution is 8.01. The minimum Gasteiger partial charge on any atom is -0.308 e. The Morgan fingerprint density at radius 3 is 2.74 bits per heavy atom. The van der Waals surface area contributed by atoms with Gasteiger partial charge in [0.1, 0.15) is 5.82 Å². The molecule has 3 aromatic rings. The van der Waals surface area contributed by atoms with Gasteiger partial charge >= 0.3 is 6.03 Å². The molecule has 0 bridgehead atoms. The van der Waals surface area contributed by atoms with E-state index >= 15 is 0 Å². The number of carbonyl (C=O) groups is 2. The molecule has 1 fully saturated rings. The number of thioether (sulfide) groups is 1. The zero-order valence-electron chi connectivity index (χ0n) is 17.8. The lowest BCUT2D eigenvalue weighted by Crippen LogP contribution is -2.51. The molecule has 34 heavy (non-hydrogen) atoms. The molecule has 170 valence electrons. The van der Waals surface area contributed by atoms with E-state index in [1.807, 2.05) is 6.07 Å².